The molecule has 3 amide bonds. The van der Waals surface area contributed by atoms with E-state index in [4.69, 9.17) is 11.6 Å². The number of hydrogen-bond acceptors (Lipinski definition) is 4. The van der Waals surface area contributed by atoms with Crippen LogP contribution in [0.2, 0.25) is 5.02 Å². The molecular formula is C20H19ClF3N3O3S. The van der Waals surface area contributed by atoms with E-state index in [9.17, 15) is 27.6 Å². The molecular weight excluding hydrogens is 455 g/mol. The van der Waals surface area contributed by atoms with Crippen LogP contribution in [0.25, 0.3) is 0 Å². The third-order valence-electron chi connectivity index (χ3n) is 4.75. The third-order valence-corrected chi connectivity index (χ3v) is 6.22. The van der Waals surface area contributed by atoms with Crippen LogP contribution in [0.3, 0.4) is 0 Å². The smallest absolute Gasteiger partial charge is 0.345 e. The summed E-state index contributed by atoms with van der Waals surface area (Å²) in [5.74, 6) is -1.72. The first-order valence-electron chi connectivity index (χ1n) is 9.38. The number of nitrogens with zero attached hydrogens (tertiary/aromatic N) is 1. The van der Waals surface area contributed by atoms with Gasteiger partial charge in [-0.25, -0.2) is 0 Å². The van der Waals surface area contributed by atoms with E-state index in [-0.39, 0.29) is 23.6 Å². The Morgan fingerprint density at radius 3 is 2.65 bits per heavy atom. The van der Waals surface area contributed by atoms with Crippen LogP contribution in [-0.2, 0) is 4.79 Å². The number of carbonyl (C=O) groups is 3. The first-order valence-corrected chi connectivity index (χ1v) is 10.6. The summed E-state index contributed by atoms with van der Waals surface area (Å²) in [6, 6.07) is 7.19. The number of alkyl halides is 3. The largest absolute Gasteiger partial charge is 0.405 e. The van der Waals surface area contributed by atoms with Crippen molar-refractivity contribution in [1.82, 2.24) is 10.2 Å². The summed E-state index contributed by atoms with van der Waals surface area (Å²) in [5, 5.41) is 5.25. The fraction of sp³-hybridized carbons (Fsp3) is 0.350. The van der Waals surface area contributed by atoms with Crippen LogP contribution >= 0.6 is 22.9 Å². The first kappa shape index (κ1) is 23.1. The minimum Gasteiger partial charge on any atom is -0.345 e. The van der Waals surface area contributed by atoms with Crippen molar-refractivity contribution in [1.29, 1.82) is 0 Å². The topological polar surface area (TPSA) is 78.5 Å². The molecule has 2 N–H and O–H groups in total. The monoisotopic (exact) mass is 473 g/mol. The van der Waals surface area contributed by atoms with Gasteiger partial charge in [-0.05, 0) is 43.5 Å². The number of anilines is 1. The molecule has 3 rings (SSSR count). The van der Waals surface area contributed by atoms with Crippen LogP contribution in [-0.4, -0.2) is 47.9 Å². The number of benzene rings is 1. The SMILES string of the molecule is Cc1cc(NC(=O)c2ccccc2Cl)sc1C(=O)N1CCCC1C(=O)NCC(F)(F)F. The lowest BCUT2D eigenvalue weighted by Crippen LogP contribution is -2.47. The Balaban J connectivity index is 1.72. The predicted octanol–water partition coefficient (Wildman–Crippen LogP) is 4.25. The Morgan fingerprint density at radius 2 is 1.97 bits per heavy atom. The molecule has 1 saturated heterocycles. The van der Waals surface area contributed by atoms with Gasteiger partial charge in [-0.15, -0.1) is 11.3 Å². The summed E-state index contributed by atoms with van der Waals surface area (Å²) in [7, 11) is 0. The Hall–Kier alpha value is -2.59. The van der Waals surface area contributed by atoms with Gasteiger partial charge in [-0.3, -0.25) is 14.4 Å². The van der Waals surface area contributed by atoms with Gasteiger partial charge in [0, 0.05) is 6.54 Å². The molecule has 1 aliphatic rings. The van der Waals surface area contributed by atoms with Crippen molar-refractivity contribution < 1.29 is 27.6 Å². The highest BCUT2D eigenvalue weighted by Gasteiger charge is 2.37. The molecule has 0 aliphatic carbocycles. The average Bonchev–Trinajstić information content (AvgIpc) is 3.32. The van der Waals surface area contributed by atoms with Crippen LogP contribution in [0.1, 0.15) is 38.4 Å². The van der Waals surface area contributed by atoms with Gasteiger partial charge in [0.15, 0.2) is 0 Å². The van der Waals surface area contributed by atoms with E-state index < -0.39 is 36.5 Å². The minimum absolute atomic E-state index is 0.265. The van der Waals surface area contributed by atoms with Crippen LogP contribution in [0.4, 0.5) is 18.2 Å². The standard InChI is InChI=1S/C20H19ClF3N3O3S/c1-11-9-15(26-17(28)12-5-2-3-6-13(12)21)31-16(11)19(30)27-8-4-7-14(27)18(29)25-10-20(22,23)24/h2-3,5-6,9,14H,4,7-8,10H2,1H3,(H,25,29)(H,26,28). The van der Waals surface area contributed by atoms with Gasteiger partial charge in [-0.2, -0.15) is 13.2 Å². The lowest BCUT2D eigenvalue weighted by atomic mass is 10.2. The van der Waals surface area contributed by atoms with Crippen LogP contribution in [0.5, 0.6) is 0 Å². The number of hydrogen-bond donors (Lipinski definition) is 2. The predicted molar refractivity (Wildman–Crippen MR) is 112 cm³/mol. The maximum absolute atomic E-state index is 13.0. The molecule has 0 radical (unpaired) electrons. The zero-order valence-corrected chi connectivity index (χ0v) is 18.0. The minimum atomic E-state index is -4.53. The maximum atomic E-state index is 13.0. The fourth-order valence-electron chi connectivity index (χ4n) is 3.30. The summed E-state index contributed by atoms with van der Waals surface area (Å²) in [6.45, 7) is 0.506. The molecule has 1 unspecified atom stereocenters. The lowest BCUT2D eigenvalue weighted by Gasteiger charge is -2.24. The number of halogens is 4. The van der Waals surface area contributed by atoms with Gasteiger partial charge in [0.1, 0.15) is 12.6 Å². The van der Waals surface area contributed by atoms with E-state index in [1.807, 2.05) is 5.32 Å². The van der Waals surface area contributed by atoms with E-state index in [0.29, 0.717) is 21.9 Å². The van der Waals surface area contributed by atoms with E-state index in [2.05, 4.69) is 5.32 Å². The van der Waals surface area contributed by atoms with Gasteiger partial charge in [0.05, 0.1) is 20.5 Å². The molecule has 1 aromatic heterocycles. The van der Waals surface area contributed by atoms with Crippen LogP contribution in [0.15, 0.2) is 30.3 Å². The van der Waals surface area contributed by atoms with Gasteiger partial charge in [0.2, 0.25) is 5.91 Å². The molecule has 0 saturated carbocycles. The van der Waals surface area contributed by atoms with Gasteiger partial charge < -0.3 is 15.5 Å². The van der Waals surface area contributed by atoms with Crippen molar-refractivity contribution in [3.05, 3.63) is 51.4 Å². The van der Waals surface area contributed by atoms with Gasteiger partial charge >= 0.3 is 6.18 Å². The lowest BCUT2D eigenvalue weighted by molar-refractivity contribution is -0.140. The molecule has 0 spiro atoms. The highest BCUT2D eigenvalue weighted by Crippen LogP contribution is 2.31. The quantitative estimate of drug-likeness (QED) is 0.681. The maximum Gasteiger partial charge on any atom is 0.405 e. The highest BCUT2D eigenvalue weighted by molar-refractivity contribution is 7.18. The molecule has 1 aliphatic heterocycles. The number of likely N-dealkylation sites (tertiary alicyclic amines) is 1. The summed E-state index contributed by atoms with van der Waals surface area (Å²) < 4.78 is 37.2. The van der Waals surface area contributed by atoms with E-state index in [1.54, 1.807) is 37.3 Å². The van der Waals surface area contributed by atoms with Crippen molar-refractivity contribution >= 4 is 45.7 Å². The highest BCUT2D eigenvalue weighted by atomic mass is 35.5. The molecule has 0 bridgehead atoms. The molecule has 11 heteroatoms. The number of thiophene rings is 1. The summed E-state index contributed by atoms with van der Waals surface area (Å²) in [4.78, 5) is 39.2. The first-order chi connectivity index (χ1) is 14.6. The zero-order chi connectivity index (χ0) is 22.8. The average molecular weight is 474 g/mol. The number of carbonyl (C=O) groups excluding carboxylic acids is 3. The van der Waals surface area contributed by atoms with Gasteiger partial charge in [0.25, 0.3) is 11.8 Å². The van der Waals surface area contributed by atoms with Crippen molar-refractivity contribution in [2.24, 2.45) is 0 Å². The molecule has 6 nitrogen and oxygen atoms in total. The molecule has 2 heterocycles. The van der Waals surface area contributed by atoms with Crippen molar-refractivity contribution in [3.63, 3.8) is 0 Å². The Labute approximate surface area is 185 Å². The van der Waals surface area contributed by atoms with E-state index >= 15 is 0 Å². The molecule has 1 atom stereocenters. The van der Waals surface area contributed by atoms with Gasteiger partial charge in [-0.1, -0.05) is 23.7 Å². The second-order valence-corrected chi connectivity index (χ2v) is 8.51. The van der Waals surface area contributed by atoms with Crippen molar-refractivity contribution in [2.45, 2.75) is 32.0 Å². The fourth-order valence-corrected chi connectivity index (χ4v) is 4.54. The molecule has 1 aromatic carbocycles. The van der Waals surface area contributed by atoms with Crippen molar-refractivity contribution in [3.8, 4) is 0 Å². The summed E-state index contributed by atoms with van der Waals surface area (Å²) in [5.41, 5.74) is 0.870. The number of aryl methyl sites for hydroxylation is 1. The second kappa shape index (κ2) is 9.27. The number of nitrogens with one attached hydrogen (secondary N) is 2. The number of amides is 3. The molecule has 31 heavy (non-hydrogen) atoms. The Bertz CT molecular complexity index is 1010. The third kappa shape index (κ3) is 5.56. The summed E-state index contributed by atoms with van der Waals surface area (Å²) >= 11 is 7.07. The van der Waals surface area contributed by atoms with E-state index in [1.165, 1.54) is 4.90 Å². The molecule has 2 aromatic rings. The normalized spacial score (nSPS) is 16.3. The Kier molecular flexibility index (Phi) is 6.90. The number of rotatable bonds is 5. The Morgan fingerprint density at radius 1 is 1.26 bits per heavy atom. The van der Waals surface area contributed by atoms with Crippen LogP contribution < -0.4 is 10.6 Å². The van der Waals surface area contributed by atoms with Crippen LogP contribution in [0, 0.1) is 6.92 Å². The second-order valence-electron chi connectivity index (χ2n) is 7.05. The molecule has 1 fully saturated rings. The molecule has 166 valence electrons. The zero-order valence-electron chi connectivity index (χ0n) is 16.4. The van der Waals surface area contributed by atoms with E-state index in [0.717, 1.165) is 11.3 Å². The van der Waals surface area contributed by atoms with Crippen molar-refractivity contribution in [2.75, 3.05) is 18.4 Å². The summed E-state index contributed by atoms with van der Waals surface area (Å²) in [6.07, 6.45) is -3.73.